The fourth-order valence-electron chi connectivity index (χ4n) is 1.47. The third-order valence-electron chi connectivity index (χ3n) is 2.70. The molecule has 4 heteroatoms. The summed E-state index contributed by atoms with van der Waals surface area (Å²) < 4.78 is 5.72. The van der Waals surface area contributed by atoms with E-state index in [-0.39, 0.29) is 5.41 Å². The molecule has 0 aliphatic heterocycles. The molecule has 1 heterocycles. The van der Waals surface area contributed by atoms with E-state index in [2.05, 4.69) is 37.7 Å². The van der Waals surface area contributed by atoms with Crippen molar-refractivity contribution < 1.29 is 4.74 Å². The van der Waals surface area contributed by atoms with Crippen LogP contribution in [0, 0.1) is 6.92 Å². The first kappa shape index (κ1) is 15.2. The molecule has 1 rings (SSSR count). The Labute approximate surface area is 115 Å². The first-order chi connectivity index (χ1) is 8.36. The lowest BCUT2D eigenvalue weighted by molar-refractivity contribution is 0.289. The van der Waals surface area contributed by atoms with Crippen molar-refractivity contribution in [2.45, 2.75) is 59.3 Å². The van der Waals surface area contributed by atoms with Gasteiger partial charge >= 0.3 is 0 Å². The van der Waals surface area contributed by atoms with Crippen molar-refractivity contribution in [2.75, 3.05) is 6.61 Å². The van der Waals surface area contributed by atoms with Gasteiger partial charge in [0, 0.05) is 11.0 Å². The Bertz CT molecular complexity index is 400. The summed E-state index contributed by atoms with van der Waals surface area (Å²) in [6.45, 7) is 10.9. The van der Waals surface area contributed by atoms with Crippen molar-refractivity contribution in [3.05, 3.63) is 16.5 Å². The molecule has 3 nitrogen and oxygen atoms in total. The van der Waals surface area contributed by atoms with Gasteiger partial charge in [-0.1, -0.05) is 52.1 Å². The van der Waals surface area contributed by atoms with Gasteiger partial charge in [0.05, 0.1) is 6.61 Å². The smallest absolute Gasteiger partial charge is 0.221 e. The van der Waals surface area contributed by atoms with E-state index >= 15 is 0 Å². The summed E-state index contributed by atoms with van der Waals surface area (Å²) in [6.07, 6.45) is 3.40. The fourth-order valence-corrected chi connectivity index (χ4v) is 1.63. The summed E-state index contributed by atoms with van der Waals surface area (Å²) in [5.74, 6) is 1.35. The van der Waals surface area contributed by atoms with Gasteiger partial charge < -0.3 is 4.74 Å². The molecule has 18 heavy (non-hydrogen) atoms. The average Bonchev–Trinajstić information content (AvgIpc) is 2.28. The van der Waals surface area contributed by atoms with Crippen molar-refractivity contribution >= 4 is 11.6 Å². The number of aromatic nitrogens is 2. The average molecular weight is 271 g/mol. The van der Waals surface area contributed by atoms with Gasteiger partial charge in [0.15, 0.2) is 0 Å². The van der Waals surface area contributed by atoms with Crippen LogP contribution in [0.5, 0.6) is 5.88 Å². The number of unbranched alkanes of at least 4 members (excludes halogenated alkanes) is 2. The minimum absolute atomic E-state index is 0.126. The Morgan fingerprint density at radius 3 is 2.39 bits per heavy atom. The summed E-state index contributed by atoms with van der Waals surface area (Å²) in [5, 5.41) is 0.486. The Balaban J connectivity index is 2.86. The van der Waals surface area contributed by atoms with Gasteiger partial charge in [0.1, 0.15) is 11.0 Å². The fraction of sp³-hybridized carbons (Fsp3) is 0.714. The number of hydrogen-bond acceptors (Lipinski definition) is 3. The summed E-state index contributed by atoms with van der Waals surface area (Å²) in [7, 11) is 0. The molecule has 0 unspecified atom stereocenters. The van der Waals surface area contributed by atoms with Crippen LogP contribution in [0.15, 0.2) is 0 Å². The second-order valence-corrected chi connectivity index (χ2v) is 5.93. The predicted molar refractivity (Wildman–Crippen MR) is 75.5 cm³/mol. The van der Waals surface area contributed by atoms with Crippen LogP contribution in [-0.2, 0) is 5.41 Å². The van der Waals surface area contributed by atoms with Gasteiger partial charge in [-0.15, -0.1) is 0 Å². The quantitative estimate of drug-likeness (QED) is 0.591. The van der Waals surface area contributed by atoms with E-state index < -0.39 is 0 Å². The lowest BCUT2D eigenvalue weighted by Gasteiger charge is -2.19. The minimum Gasteiger partial charge on any atom is -0.477 e. The zero-order chi connectivity index (χ0) is 13.8. The summed E-state index contributed by atoms with van der Waals surface area (Å²) in [4.78, 5) is 8.81. The molecule has 0 aliphatic carbocycles. The Hall–Kier alpha value is -0.830. The maximum absolute atomic E-state index is 6.13. The van der Waals surface area contributed by atoms with Crippen molar-refractivity contribution in [1.29, 1.82) is 0 Å². The first-order valence-electron chi connectivity index (χ1n) is 6.53. The molecule has 0 N–H and O–H groups in total. The highest BCUT2D eigenvalue weighted by Crippen LogP contribution is 2.27. The predicted octanol–water partition coefficient (Wildman–Crippen LogP) is 4.30. The maximum atomic E-state index is 6.13. The standard InChI is InChI=1S/C14H23ClN2O/c1-6-7-8-9-18-12-10(2)11(15)16-13(17-12)14(3,4)5/h6-9H2,1-5H3. The number of nitrogens with zero attached hydrogens (tertiary/aromatic N) is 2. The number of ether oxygens (including phenoxy) is 1. The van der Waals surface area contributed by atoms with Gasteiger partial charge in [-0.05, 0) is 13.3 Å². The molecule has 0 fully saturated rings. The molecule has 0 saturated heterocycles. The van der Waals surface area contributed by atoms with E-state index in [1.54, 1.807) is 0 Å². The van der Waals surface area contributed by atoms with Crippen LogP contribution in [0.25, 0.3) is 0 Å². The van der Waals surface area contributed by atoms with Crippen LogP contribution in [0.1, 0.15) is 58.3 Å². The Morgan fingerprint density at radius 1 is 1.17 bits per heavy atom. The molecule has 0 aromatic carbocycles. The largest absolute Gasteiger partial charge is 0.477 e. The second-order valence-electron chi connectivity index (χ2n) is 5.57. The zero-order valence-corrected chi connectivity index (χ0v) is 12.8. The number of halogens is 1. The topological polar surface area (TPSA) is 35.0 Å². The van der Waals surface area contributed by atoms with Crippen molar-refractivity contribution in [2.24, 2.45) is 0 Å². The van der Waals surface area contributed by atoms with Gasteiger partial charge in [-0.25, -0.2) is 4.98 Å². The lowest BCUT2D eigenvalue weighted by atomic mass is 9.96. The molecule has 0 spiro atoms. The SMILES string of the molecule is CCCCCOc1nc(C(C)(C)C)nc(Cl)c1C. The molecule has 1 aromatic rings. The van der Waals surface area contributed by atoms with Gasteiger partial charge in [0.25, 0.3) is 0 Å². The summed E-state index contributed by atoms with van der Waals surface area (Å²) in [6, 6.07) is 0. The molecule has 1 aromatic heterocycles. The Kier molecular flexibility index (Phi) is 5.39. The van der Waals surface area contributed by atoms with Crippen molar-refractivity contribution in [3.63, 3.8) is 0 Å². The monoisotopic (exact) mass is 270 g/mol. The van der Waals surface area contributed by atoms with Crippen LogP contribution in [0.2, 0.25) is 5.15 Å². The van der Waals surface area contributed by atoms with Crippen LogP contribution in [0.3, 0.4) is 0 Å². The zero-order valence-electron chi connectivity index (χ0n) is 12.0. The van der Waals surface area contributed by atoms with E-state index in [4.69, 9.17) is 16.3 Å². The summed E-state index contributed by atoms with van der Waals surface area (Å²) in [5.41, 5.74) is 0.694. The van der Waals surface area contributed by atoms with Gasteiger partial charge in [-0.2, -0.15) is 4.98 Å². The third kappa shape index (κ3) is 4.13. The number of hydrogen-bond donors (Lipinski definition) is 0. The van der Waals surface area contributed by atoms with Crippen molar-refractivity contribution in [1.82, 2.24) is 9.97 Å². The highest BCUT2D eigenvalue weighted by Gasteiger charge is 2.21. The lowest BCUT2D eigenvalue weighted by Crippen LogP contribution is -2.17. The molecule has 0 amide bonds. The van der Waals surface area contributed by atoms with E-state index in [0.717, 1.165) is 17.8 Å². The molecule has 0 atom stereocenters. The molecular formula is C14H23ClN2O. The van der Waals surface area contributed by atoms with E-state index in [0.29, 0.717) is 17.6 Å². The van der Waals surface area contributed by atoms with Gasteiger partial charge in [0.2, 0.25) is 5.88 Å². The summed E-state index contributed by atoms with van der Waals surface area (Å²) >= 11 is 6.13. The second kappa shape index (κ2) is 6.37. The highest BCUT2D eigenvalue weighted by atomic mass is 35.5. The van der Waals surface area contributed by atoms with Crippen LogP contribution in [0.4, 0.5) is 0 Å². The third-order valence-corrected chi connectivity index (χ3v) is 3.07. The van der Waals surface area contributed by atoms with Gasteiger partial charge in [-0.3, -0.25) is 0 Å². The van der Waals surface area contributed by atoms with E-state index in [1.807, 2.05) is 6.92 Å². The molecule has 0 aliphatic rings. The van der Waals surface area contributed by atoms with E-state index in [9.17, 15) is 0 Å². The molecule has 102 valence electrons. The van der Waals surface area contributed by atoms with E-state index in [1.165, 1.54) is 12.8 Å². The van der Waals surface area contributed by atoms with Crippen LogP contribution < -0.4 is 4.74 Å². The molecule has 0 radical (unpaired) electrons. The number of rotatable bonds is 5. The first-order valence-corrected chi connectivity index (χ1v) is 6.91. The molecule has 0 bridgehead atoms. The highest BCUT2D eigenvalue weighted by molar-refractivity contribution is 6.30. The Morgan fingerprint density at radius 2 is 1.83 bits per heavy atom. The van der Waals surface area contributed by atoms with Crippen LogP contribution >= 0.6 is 11.6 Å². The molecular weight excluding hydrogens is 248 g/mol. The van der Waals surface area contributed by atoms with Crippen molar-refractivity contribution in [3.8, 4) is 5.88 Å². The van der Waals surface area contributed by atoms with Crippen LogP contribution in [-0.4, -0.2) is 16.6 Å². The molecule has 0 saturated carbocycles. The maximum Gasteiger partial charge on any atom is 0.221 e. The normalized spacial score (nSPS) is 11.7. The minimum atomic E-state index is -0.126.